The van der Waals surface area contributed by atoms with Gasteiger partial charge in [-0.2, -0.15) is 11.8 Å². The SMILES string of the molecule is CCCNCc1ccc(S(=O)(=O)NCCC(C)SC)o1. The Morgan fingerprint density at radius 1 is 1.35 bits per heavy atom. The summed E-state index contributed by atoms with van der Waals surface area (Å²) >= 11 is 1.72. The molecule has 0 radical (unpaired) electrons. The molecule has 116 valence electrons. The van der Waals surface area contributed by atoms with Crippen molar-refractivity contribution in [3.05, 3.63) is 17.9 Å². The molecule has 1 aromatic rings. The molecule has 0 saturated carbocycles. The molecule has 0 amide bonds. The summed E-state index contributed by atoms with van der Waals surface area (Å²) in [7, 11) is -3.53. The first-order chi connectivity index (χ1) is 9.49. The van der Waals surface area contributed by atoms with Gasteiger partial charge in [0.15, 0.2) is 0 Å². The fourth-order valence-corrected chi connectivity index (χ4v) is 2.92. The Morgan fingerprint density at radius 2 is 2.10 bits per heavy atom. The maximum absolute atomic E-state index is 12.0. The Kier molecular flexibility index (Phi) is 7.65. The number of hydrogen-bond acceptors (Lipinski definition) is 5. The van der Waals surface area contributed by atoms with Crippen molar-refractivity contribution >= 4 is 21.8 Å². The highest BCUT2D eigenvalue weighted by molar-refractivity contribution is 7.99. The Hall–Kier alpha value is -0.500. The maximum atomic E-state index is 12.0. The van der Waals surface area contributed by atoms with Crippen LogP contribution in [0.15, 0.2) is 21.6 Å². The van der Waals surface area contributed by atoms with E-state index in [4.69, 9.17) is 4.42 Å². The predicted molar refractivity (Wildman–Crippen MR) is 83.5 cm³/mol. The van der Waals surface area contributed by atoms with Crippen LogP contribution in [-0.2, 0) is 16.6 Å². The number of rotatable bonds is 10. The van der Waals surface area contributed by atoms with Crippen LogP contribution in [0.2, 0.25) is 0 Å². The van der Waals surface area contributed by atoms with Gasteiger partial charge in [-0.05, 0) is 37.8 Å². The zero-order valence-electron chi connectivity index (χ0n) is 12.3. The zero-order valence-corrected chi connectivity index (χ0v) is 13.9. The average molecular weight is 320 g/mol. The molecule has 1 aromatic heterocycles. The van der Waals surface area contributed by atoms with Gasteiger partial charge in [-0.3, -0.25) is 0 Å². The first-order valence-corrected chi connectivity index (χ1v) is 9.58. The molecular weight excluding hydrogens is 296 g/mol. The fourth-order valence-electron chi connectivity index (χ4n) is 1.57. The molecule has 0 spiro atoms. The summed E-state index contributed by atoms with van der Waals surface area (Å²) in [6.45, 7) is 6.00. The first kappa shape index (κ1) is 17.6. The van der Waals surface area contributed by atoms with Crippen LogP contribution in [0.4, 0.5) is 0 Å². The molecule has 20 heavy (non-hydrogen) atoms. The maximum Gasteiger partial charge on any atom is 0.273 e. The second-order valence-electron chi connectivity index (χ2n) is 4.63. The summed E-state index contributed by atoms with van der Waals surface area (Å²) in [5.74, 6) is 0.635. The molecule has 0 bridgehead atoms. The Balaban J connectivity index is 2.50. The quantitative estimate of drug-likeness (QED) is 0.647. The van der Waals surface area contributed by atoms with Gasteiger partial charge in [-0.1, -0.05) is 13.8 Å². The fraction of sp³-hybridized carbons (Fsp3) is 0.692. The summed E-state index contributed by atoms with van der Waals surface area (Å²) in [6, 6.07) is 3.20. The highest BCUT2D eigenvalue weighted by Gasteiger charge is 2.18. The van der Waals surface area contributed by atoms with E-state index in [2.05, 4.69) is 23.9 Å². The van der Waals surface area contributed by atoms with Crippen molar-refractivity contribution in [2.24, 2.45) is 0 Å². The van der Waals surface area contributed by atoms with Crippen molar-refractivity contribution < 1.29 is 12.8 Å². The molecule has 0 fully saturated rings. The molecule has 7 heteroatoms. The van der Waals surface area contributed by atoms with E-state index in [1.54, 1.807) is 17.8 Å². The van der Waals surface area contributed by atoms with Crippen LogP contribution >= 0.6 is 11.8 Å². The van der Waals surface area contributed by atoms with Crippen molar-refractivity contribution in [3.8, 4) is 0 Å². The first-order valence-electron chi connectivity index (χ1n) is 6.81. The van der Waals surface area contributed by atoms with E-state index in [1.807, 2.05) is 6.26 Å². The summed E-state index contributed by atoms with van der Waals surface area (Å²) < 4.78 is 32.0. The van der Waals surface area contributed by atoms with Crippen LogP contribution in [-0.4, -0.2) is 33.0 Å². The summed E-state index contributed by atoms with van der Waals surface area (Å²) in [4.78, 5) is 0. The molecule has 1 rings (SSSR count). The lowest BCUT2D eigenvalue weighted by molar-refractivity contribution is 0.400. The molecule has 1 unspecified atom stereocenters. The van der Waals surface area contributed by atoms with Crippen molar-refractivity contribution in [2.45, 2.75) is 43.6 Å². The largest absolute Gasteiger partial charge is 0.447 e. The molecule has 1 atom stereocenters. The summed E-state index contributed by atoms with van der Waals surface area (Å²) in [5.41, 5.74) is 0. The van der Waals surface area contributed by atoms with Crippen molar-refractivity contribution in [3.63, 3.8) is 0 Å². The van der Waals surface area contributed by atoms with Crippen LogP contribution in [0.1, 0.15) is 32.4 Å². The number of sulfonamides is 1. The number of hydrogen-bond donors (Lipinski definition) is 2. The standard InChI is InChI=1S/C13H24N2O3S2/c1-4-8-14-10-12-5-6-13(18-12)20(16,17)15-9-7-11(2)19-3/h5-6,11,14-15H,4,7-10H2,1-3H3. The summed E-state index contributed by atoms with van der Waals surface area (Å²) in [6.07, 6.45) is 3.84. The van der Waals surface area contributed by atoms with Gasteiger partial charge in [0, 0.05) is 11.8 Å². The topological polar surface area (TPSA) is 71.3 Å². The molecule has 0 saturated heterocycles. The Morgan fingerprint density at radius 3 is 2.75 bits per heavy atom. The number of furan rings is 1. The lowest BCUT2D eigenvalue weighted by Gasteiger charge is -2.08. The predicted octanol–water partition coefficient (Wildman–Crippen LogP) is 2.20. The number of thioether (sulfide) groups is 1. The lowest BCUT2D eigenvalue weighted by Crippen LogP contribution is -2.26. The van der Waals surface area contributed by atoms with Gasteiger partial charge in [0.2, 0.25) is 5.09 Å². The molecular formula is C13H24N2O3S2. The monoisotopic (exact) mass is 320 g/mol. The molecule has 0 aromatic carbocycles. The van der Waals surface area contributed by atoms with E-state index in [1.165, 1.54) is 6.07 Å². The van der Waals surface area contributed by atoms with E-state index < -0.39 is 10.0 Å². The smallest absolute Gasteiger partial charge is 0.273 e. The van der Waals surface area contributed by atoms with Gasteiger partial charge in [0.05, 0.1) is 6.54 Å². The third kappa shape index (κ3) is 5.87. The minimum atomic E-state index is -3.53. The van der Waals surface area contributed by atoms with Crippen molar-refractivity contribution in [1.82, 2.24) is 10.0 Å². The van der Waals surface area contributed by atoms with E-state index in [0.29, 0.717) is 24.1 Å². The van der Waals surface area contributed by atoms with Gasteiger partial charge in [0.25, 0.3) is 10.0 Å². The van der Waals surface area contributed by atoms with Crippen LogP contribution < -0.4 is 10.0 Å². The van der Waals surface area contributed by atoms with E-state index in [0.717, 1.165) is 19.4 Å². The molecule has 0 aliphatic rings. The van der Waals surface area contributed by atoms with Crippen LogP contribution in [0.5, 0.6) is 0 Å². The Bertz CT molecular complexity index is 486. The normalized spacial score (nSPS) is 13.6. The Labute approximate surface area is 125 Å². The van der Waals surface area contributed by atoms with E-state index in [9.17, 15) is 8.42 Å². The van der Waals surface area contributed by atoms with Crippen molar-refractivity contribution in [2.75, 3.05) is 19.3 Å². The van der Waals surface area contributed by atoms with Gasteiger partial charge in [0.1, 0.15) is 5.76 Å². The molecule has 1 heterocycles. The highest BCUT2D eigenvalue weighted by atomic mass is 32.2. The van der Waals surface area contributed by atoms with Crippen LogP contribution in [0.3, 0.4) is 0 Å². The van der Waals surface area contributed by atoms with E-state index in [-0.39, 0.29) is 5.09 Å². The second-order valence-corrected chi connectivity index (χ2v) is 7.60. The molecule has 0 aliphatic carbocycles. The number of nitrogens with one attached hydrogen (secondary N) is 2. The van der Waals surface area contributed by atoms with Gasteiger partial charge >= 0.3 is 0 Å². The van der Waals surface area contributed by atoms with Crippen LogP contribution in [0, 0.1) is 0 Å². The van der Waals surface area contributed by atoms with Crippen molar-refractivity contribution in [1.29, 1.82) is 0 Å². The van der Waals surface area contributed by atoms with Gasteiger partial charge < -0.3 is 9.73 Å². The third-order valence-electron chi connectivity index (χ3n) is 2.87. The lowest BCUT2D eigenvalue weighted by atomic mass is 10.3. The third-order valence-corrected chi connectivity index (χ3v) is 5.25. The second kappa shape index (κ2) is 8.71. The minimum Gasteiger partial charge on any atom is -0.447 e. The van der Waals surface area contributed by atoms with Gasteiger partial charge in [-0.25, -0.2) is 13.1 Å². The minimum absolute atomic E-state index is 0.0115. The highest BCUT2D eigenvalue weighted by Crippen LogP contribution is 2.14. The zero-order chi connectivity index (χ0) is 15.0. The molecule has 2 N–H and O–H groups in total. The molecule has 5 nitrogen and oxygen atoms in total. The summed E-state index contributed by atoms with van der Waals surface area (Å²) in [5, 5.41) is 3.59. The molecule has 0 aliphatic heterocycles. The van der Waals surface area contributed by atoms with Crippen LogP contribution in [0.25, 0.3) is 0 Å². The van der Waals surface area contributed by atoms with Gasteiger partial charge in [-0.15, -0.1) is 0 Å². The van der Waals surface area contributed by atoms with E-state index >= 15 is 0 Å². The average Bonchev–Trinajstić information content (AvgIpc) is 2.88.